The second kappa shape index (κ2) is 6.56. The van der Waals surface area contributed by atoms with Crippen LogP contribution in [0.5, 0.6) is 0 Å². The van der Waals surface area contributed by atoms with E-state index in [1.807, 2.05) is 30.3 Å². The highest BCUT2D eigenvalue weighted by Crippen LogP contribution is 2.19. The minimum absolute atomic E-state index is 0.114. The van der Waals surface area contributed by atoms with E-state index in [2.05, 4.69) is 10.6 Å². The zero-order chi connectivity index (χ0) is 14.4. The lowest BCUT2D eigenvalue weighted by atomic mass is 10.2. The minimum atomic E-state index is -0.226. The zero-order valence-electron chi connectivity index (χ0n) is 11.2. The summed E-state index contributed by atoms with van der Waals surface area (Å²) in [7, 11) is 0. The van der Waals surface area contributed by atoms with E-state index in [1.54, 1.807) is 6.08 Å². The first-order valence-electron chi connectivity index (χ1n) is 6.34. The molecule has 0 spiro atoms. The second-order valence-electron chi connectivity index (χ2n) is 4.29. The van der Waals surface area contributed by atoms with E-state index in [-0.39, 0.29) is 11.8 Å². The molecular formula is C15H16N2O3. The lowest BCUT2D eigenvalue weighted by Crippen LogP contribution is -2.32. The van der Waals surface area contributed by atoms with Gasteiger partial charge >= 0.3 is 0 Å². The van der Waals surface area contributed by atoms with Crippen LogP contribution in [0.25, 0.3) is 17.0 Å². The van der Waals surface area contributed by atoms with Crippen molar-refractivity contribution in [1.29, 1.82) is 0 Å². The van der Waals surface area contributed by atoms with Crippen molar-refractivity contribution in [2.45, 2.75) is 6.92 Å². The van der Waals surface area contributed by atoms with Crippen molar-refractivity contribution in [2.24, 2.45) is 0 Å². The molecule has 0 radical (unpaired) electrons. The Labute approximate surface area is 116 Å². The molecule has 5 nitrogen and oxygen atoms in total. The molecule has 2 rings (SSSR count). The Morgan fingerprint density at radius 2 is 1.95 bits per heavy atom. The summed E-state index contributed by atoms with van der Waals surface area (Å²) >= 11 is 0. The summed E-state index contributed by atoms with van der Waals surface area (Å²) in [4.78, 5) is 22.2. The molecule has 0 aliphatic carbocycles. The Kier molecular flexibility index (Phi) is 4.55. The lowest BCUT2D eigenvalue weighted by Gasteiger charge is -2.02. The number of furan rings is 1. The third-order valence-electron chi connectivity index (χ3n) is 2.64. The van der Waals surface area contributed by atoms with Crippen LogP contribution in [0, 0.1) is 0 Å². The molecule has 1 heterocycles. The van der Waals surface area contributed by atoms with E-state index in [1.165, 1.54) is 13.0 Å². The van der Waals surface area contributed by atoms with Gasteiger partial charge in [-0.15, -0.1) is 0 Å². The van der Waals surface area contributed by atoms with Crippen molar-refractivity contribution >= 4 is 28.9 Å². The van der Waals surface area contributed by atoms with Gasteiger partial charge in [-0.1, -0.05) is 18.2 Å². The summed E-state index contributed by atoms with van der Waals surface area (Å²) in [5.74, 6) is 0.288. The highest BCUT2D eigenvalue weighted by atomic mass is 16.3. The van der Waals surface area contributed by atoms with Gasteiger partial charge < -0.3 is 15.1 Å². The molecule has 5 heteroatoms. The van der Waals surface area contributed by atoms with Gasteiger partial charge in [-0.05, 0) is 18.2 Å². The molecule has 2 amide bonds. The topological polar surface area (TPSA) is 71.3 Å². The smallest absolute Gasteiger partial charge is 0.244 e. The second-order valence-corrected chi connectivity index (χ2v) is 4.29. The van der Waals surface area contributed by atoms with Gasteiger partial charge in [-0.2, -0.15) is 0 Å². The molecule has 0 unspecified atom stereocenters. The third-order valence-corrected chi connectivity index (χ3v) is 2.64. The van der Waals surface area contributed by atoms with Gasteiger partial charge in [0.05, 0.1) is 0 Å². The van der Waals surface area contributed by atoms with Crippen LogP contribution in [0.1, 0.15) is 12.7 Å². The first-order valence-corrected chi connectivity index (χ1v) is 6.34. The Hall–Kier alpha value is -2.56. The molecule has 0 saturated heterocycles. The van der Waals surface area contributed by atoms with E-state index in [0.717, 1.165) is 11.0 Å². The molecule has 0 bridgehead atoms. The Morgan fingerprint density at radius 1 is 1.20 bits per heavy atom. The largest absolute Gasteiger partial charge is 0.457 e. The zero-order valence-corrected chi connectivity index (χ0v) is 11.2. The number of amides is 2. The van der Waals surface area contributed by atoms with Gasteiger partial charge in [-0.25, -0.2) is 0 Å². The third kappa shape index (κ3) is 3.98. The van der Waals surface area contributed by atoms with Crippen LogP contribution in [0.2, 0.25) is 0 Å². The van der Waals surface area contributed by atoms with Gasteiger partial charge in [0.25, 0.3) is 0 Å². The first-order chi connectivity index (χ1) is 9.65. The number of carbonyl (C=O) groups excluding carboxylic acids is 2. The lowest BCUT2D eigenvalue weighted by molar-refractivity contribution is -0.119. The van der Waals surface area contributed by atoms with Gasteiger partial charge in [0.15, 0.2) is 0 Å². The number of benzene rings is 1. The molecule has 0 fully saturated rings. The number of para-hydroxylation sites is 1. The molecular weight excluding hydrogens is 256 g/mol. The van der Waals surface area contributed by atoms with Crippen LogP contribution < -0.4 is 10.6 Å². The van der Waals surface area contributed by atoms with Gasteiger partial charge in [0.1, 0.15) is 11.3 Å². The van der Waals surface area contributed by atoms with Crippen LogP contribution >= 0.6 is 0 Å². The predicted molar refractivity (Wildman–Crippen MR) is 76.9 cm³/mol. The maximum absolute atomic E-state index is 11.5. The predicted octanol–water partition coefficient (Wildman–Crippen LogP) is 1.70. The Morgan fingerprint density at radius 3 is 2.70 bits per heavy atom. The minimum Gasteiger partial charge on any atom is -0.457 e. The van der Waals surface area contributed by atoms with Crippen LogP contribution in [0.3, 0.4) is 0 Å². The summed E-state index contributed by atoms with van der Waals surface area (Å²) in [5.41, 5.74) is 0.790. The Bertz CT molecular complexity index is 610. The van der Waals surface area contributed by atoms with Crippen LogP contribution in [-0.4, -0.2) is 24.9 Å². The number of rotatable bonds is 5. The highest BCUT2D eigenvalue weighted by Gasteiger charge is 2.00. The SMILES string of the molecule is CC(=O)NCCNC(=O)/C=C/c1cc2ccccc2o1. The first kappa shape index (κ1) is 13.9. The van der Waals surface area contributed by atoms with Gasteiger partial charge in [0, 0.05) is 31.5 Å². The highest BCUT2D eigenvalue weighted by molar-refractivity contribution is 5.92. The number of nitrogens with one attached hydrogen (secondary N) is 2. The normalized spacial score (nSPS) is 10.8. The van der Waals surface area contributed by atoms with Gasteiger partial charge in [0.2, 0.25) is 11.8 Å². The van der Waals surface area contributed by atoms with Crippen molar-refractivity contribution in [2.75, 3.05) is 13.1 Å². The van der Waals surface area contributed by atoms with Crippen molar-refractivity contribution < 1.29 is 14.0 Å². The van der Waals surface area contributed by atoms with E-state index >= 15 is 0 Å². The van der Waals surface area contributed by atoms with E-state index < -0.39 is 0 Å². The molecule has 0 aliphatic heterocycles. The maximum Gasteiger partial charge on any atom is 0.244 e. The van der Waals surface area contributed by atoms with Crippen LogP contribution in [0.4, 0.5) is 0 Å². The molecule has 0 atom stereocenters. The van der Waals surface area contributed by atoms with E-state index in [0.29, 0.717) is 18.8 Å². The quantitative estimate of drug-likeness (QED) is 0.643. The molecule has 1 aromatic carbocycles. The number of carbonyl (C=O) groups is 2. The van der Waals surface area contributed by atoms with Crippen LogP contribution in [0.15, 0.2) is 40.8 Å². The summed E-state index contributed by atoms with van der Waals surface area (Å²) in [6.45, 7) is 2.24. The van der Waals surface area contributed by atoms with Crippen molar-refractivity contribution in [3.05, 3.63) is 42.2 Å². The average Bonchev–Trinajstić information content (AvgIpc) is 2.84. The van der Waals surface area contributed by atoms with Crippen LogP contribution in [-0.2, 0) is 9.59 Å². The summed E-state index contributed by atoms with van der Waals surface area (Å²) < 4.78 is 5.55. The summed E-state index contributed by atoms with van der Waals surface area (Å²) in [5, 5.41) is 6.25. The fraction of sp³-hybridized carbons (Fsp3) is 0.200. The molecule has 2 N–H and O–H groups in total. The molecule has 0 saturated carbocycles. The Balaban J connectivity index is 1.85. The molecule has 1 aromatic heterocycles. The average molecular weight is 272 g/mol. The molecule has 2 aromatic rings. The van der Waals surface area contributed by atoms with Gasteiger partial charge in [-0.3, -0.25) is 9.59 Å². The van der Waals surface area contributed by atoms with E-state index in [9.17, 15) is 9.59 Å². The molecule has 104 valence electrons. The van der Waals surface area contributed by atoms with Crippen molar-refractivity contribution in [1.82, 2.24) is 10.6 Å². The fourth-order valence-corrected chi connectivity index (χ4v) is 1.73. The van der Waals surface area contributed by atoms with Crippen molar-refractivity contribution in [3.63, 3.8) is 0 Å². The van der Waals surface area contributed by atoms with Crippen molar-refractivity contribution in [3.8, 4) is 0 Å². The summed E-state index contributed by atoms with van der Waals surface area (Å²) in [6, 6.07) is 9.52. The monoisotopic (exact) mass is 272 g/mol. The fourth-order valence-electron chi connectivity index (χ4n) is 1.73. The standard InChI is InChI=1S/C15H16N2O3/c1-11(18)16-8-9-17-15(19)7-6-13-10-12-4-2-3-5-14(12)20-13/h2-7,10H,8-9H2,1H3,(H,16,18)(H,17,19)/b7-6+. The maximum atomic E-state index is 11.5. The number of fused-ring (bicyclic) bond motifs is 1. The number of hydrogen-bond donors (Lipinski definition) is 2. The number of hydrogen-bond acceptors (Lipinski definition) is 3. The molecule has 20 heavy (non-hydrogen) atoms. The van der Waals surface area contributed by atoms with E-state index in [4.69, 9.17) is 4.42 Å². The molecule has 0 aliphatic rings. The summed E-state index contributed by atoms with van der Waals surface area (Å²) in [6.07, 6.45) is 3.03.